The molecule has 0 saturated heterocycles. The number of aryl methyl sites for hydroxylation is 1. The summed E-state index contributed by atoms with van der Waals surface area (Å²) in [7, 11) is 0. The summed E-state index contributed by atoms with van der Waals surface area (Å²) in [6.07, 6.45) is 0.928. The standard InChI is InChI=1S/C22H27N3O4S/c1-15(2)10-11-28-19-9-5-7-17(13-19)21(27)23-22(30)25-24-20(26)14-29-18-8-4-6-16(3)12-18/h4-9,12-13,15H,10-11,14H2,1-3H3,(H,24,26)(H2,23,25,27,30). The lowest BCUT2D eigenvalue weighted by Gasteiger charge is -2.12. The first-order chi connectivity index (χ1) is 14.3. The van der Waals surface area contributed by atoms with Crippen molar-refractivity contribution >= 4 is 29.1 Å². The second-order valence-electron chi connectivity index (χ2n) is 7.12. The van der Waals surface area contributed by atoms with Gasteiger partial charge in [-0.15, -0.1) is 0 Å². The van der Waals surface area contributed by atoms with Gasteiger partial charge in [-0.2, -0.15) is 0 Å². The topological polar surface area (TPSA) is 88.7 Å². The molecule has 0 bridgehead atoms. The zero-order valence-corrected chi connectivity index (χ0v) is 18.2. The molecular formula is C22H27N3O4S. The van der Waals surface area contributed by atoms with Gasteiger partial charge in [0.2, 0.25) is 0 Å². The molecule has 2 aromatic rings. The van der Waals surface area contributed by atoms with Crippen molar-refractivity contribution in [1.29, 1.82) is 0 Å². The smallest absolute Gasteiger partial charge is 0.276 e. The van der Waals surface area contributed by atoms with E-state index in [4.69, 9.17) is 21.7 Å². The van der Waals surface area contributed by atoms with E-state index in [0.29, 0.717) is 29.6 Å². The van der Waals surface area contributed by atoms with Crippen LogP contribution in [0.2, 0.25) is 0 Å². The first-order valence-electron chi connectivity index (χ1n) is 9.66. The van der Waals surface area contributed by atoms with E-state index in [2.05, 4.69) is 30.0 Å². The van der Waals surface area contributed by atoms with E-state index in [1.807, 2.05) is 25.1 Å². The number of carbonyl (C=O) groups excluding carboxylic acids is 2. The largest absolute Gasteiger partial charge is 0.494 e. The summed E-state index contributed by atoms with van der Waals surface area (Å²) in [5.41, 5.74) is 6.29. The fourth-order valence-corrected chi connectivity index (χ4v) is 2.51. The van der Waals surface area contributed by atoms with Crippen molar-refractivity contribution in [3.05, 3.63) is 59.7 Å². The Labute approximate surface area is 182 Å². The Morgan fingerprint density at radius 3 is 2.40 bits per heavy atom. The number of ether oxygens (including phenoxy) is 2. The Morgan fingerprint density at radius 2 is 1.70 bits per heavy atom. The highest BCUT2D eigenvalue weighted by molar-refractivity contribution is 7.80. The summed E-state index contributed by atoms with van der Waals surface area (Å²) in [5, 5.41) is 2.47. The fraction of sp³-hybridized carbons (Fsp3) is 0.318. The molecule has 0 radical (unpaired) electrons. The Kier molecular flexibility index (Phi) is 9.08. The lowest BCUT2D eigenvalue weighted by Crippen LogP contribution is -2.49. The number of carbonyl (C=O) groups is 2. The number of benzene rings is 2. The average molecular weight is 430 g/mol. The van der Waals surface area contributed by atoms with Crippen LogP contribution < -0.4 is 25.6 Å². The van der Waals surface area contributed by atoms with Crippen LogP contribution in [0.4, 0.5) is 0 Å². The second kappa shape index (κ2) is 11.8. The van der Waals surface area contributed by atoms with E-state index in [1.165, 1.54) is 0 Å². The second-order valence-corrected chi connectivity index (χ2v) is 7.53. The highest BCUT2D eigenvalue weighted by Crippen LogP contribution is 2.14. The normalized spacial score (nSPS) is 10.3. The van der Waals surface area contributed by atoms with Crippen LogP contribution >= 0.6 is 12.2 Å². The molecule has 0 aromatic heterocycles. The molecule has 0 spiro atoms. The molecule has 0 aliphatic heterocycles. The van der Waals surface area contributed by atoms with Crippen molar-refractivity contribution in [3.63, 3.8) is 0 Å². The quantitative estimate of drug-likeness (QED) is 0.441. The molecule has 0 aliphatic rings. The third-order valence-corrected chi connectivity index (χ3v) is 4.17. The van der Waals surface area contributed by atoms with Gasteiger partial charge in [0, 0.05) is 5.56 Å². The zero-order valence-electron chi connectivity index (χ0n) is 17.4. The van der Waals surface area contributed by atoms with Crippen molar-refractivity contribution in [3.8, 4) is 11.5 Å². The fourth-order valence-electron chi connectivity index (χ4n) is 2.36. The van der Waals surface area contributed by atoms with Crippen LogP contribution in [0.5, 0.6) is 11.5 Å². The third-order valence-electron chi connectivity index (χ3n) is 3.96. The Morgan fingerprint density at radius 1 is 1.00 bits per heavy atom. The number of rotatable bonds is 8. The summed E-state index contributed by atoms with van der Waals surface area (Å²) in [6, 6.07) is 14.2. The van der Waals surface area contributed by atoms with E-state index in [1.54, 1.807) is 30.3 Å². The minimum absolute atomic E-state index is 0.0324. The molecule has 7 nitrogen and oxygen atoms in total. The van der Waals surface area contributed by atoms with Crippen molar-refractivity contribution in [1.82, 2.24) is 16.2 Å². The molecule has 0 aliphatic carbocycles. The number of thiocarbonyl (C=S) groups is 1. The Balaban J connectivity index is 1.74. The van der Waals surface area contributed by atoms with Gasteiger partial charge >= 0.3 is 0 Å². The van der Waals surface area contributed by atoms with E-state index in [-0.39, 0.29) is 11.7 Å². The maximum atomic E-state index is 12.3. The van der Waals surface area contributed by atoms with Gasteiger partial charge in [-0.05, 0) is 67.4 Å². The van der Waals surface area contributed by atoms with Gasteiger partial charge in [0.15, 0.2) is 11.7 Å². The van der Waals surface area contributed by atoms with Crippen LogP contribution in [-0.2, 0) is 4.79 Å². The molecule has 2 amide bonds. The maximum Gasteiger partial charge on any atom is 0.276 e. The molecule has 8 heteroatoms. The van der Waals surface area contributed by atoms with Crippen LogP contribution in [0, 0.1) is 12.8 Å². The van der Waals surface area contributed by atoms with Gasteiger partial charge in [0.05, 0.1) is 6.61 Å². The van der Waals surface area contributed by atoms with Crippen molar-refractivity contribution < 1.29 is 19.1 Å². The predicted molar refractivity (Wildman–Crippen MR) is 119 cm³/mol. The Bertz CT molecular complexity index is 886. The summed E-state index contributed by atoms with van der Waals surface area (Å²) < 4.78 is 11.1. The lowest BCUT2D eigenvalue weighted by molar-refractivity contribution is -0.123. The van der Waals surface area contributed by atoms with Crippen LogP contribution in [-0.4, -0.2) is 30.1 Å². The number of hydrogen-bond donors (Lipinski definition) is 3. The molecule has 2 aromatic carbocycles. The first-order valence-corrected chi connectivity index (χ1v) is 10.1. The van der Waals surface area contributed by atoms with Crippen molar-refractivity contribution in [2.24, 2.45) is 5.92 Å². The van der Waals surface area contributed by atoms with Crippen molar-refractivity contribution in [2.75, 3.05) is 13.2 Å². The molecule has 0 saturated carbocycles. The summed E-state index contributed by atoms with van der Waals surface area (Å²) in [6.45, 7) is 6.56. The van der Waals surface area contributed by atoms with Crippen LogP contribution in [0.1, 0.15) is 36.2 Å². The van der Waals surface area contributed by atoms with Crippen molar-refractivity contribution in [2.45, 2.75) is 27.2 Å². The van der Waals surface area contributed by atoms with E-state index >= 15 is 0 Å². The van der Waals surface area contributed by atoms with Gasteiger partial charge in [0.25, 0.3) is 11.8 Å². The maximum absolute atomic E-state index is 12.3. The van der Waals surface area contributed by atoms with Gasteiger partial charge < -0.3 is 9.47 Å². The highest BCUT2D eigenvalue weighted by Gasteiger charge is 2.10. The van der Waals surface area contributed by atoms with Gasteiger partial charge in [0.1, 0.15) is 11.5 Å². The molecule has 160 valence electrons. The third kappa shape index (κ3) is 8.48. The monoisotopic (exact) mass is 429 g/mol. The van der Waals surface area contributed by atoms with Crippen LogP contribution in [0.25, 0.3) is 0 Å². The number of amides is 2. The summed E-state index contributed by atoms with van der Waals surface area (Å²) in [5.74, 6) is 0.901. The molecule has 2 rings (SSSR count). The lowest BCUT2D eigenvalue weighted by atomic mass is 10.1. The Hall–Kier alpha value is -3.13. The molecule has 0 fully saturated rings. The zero-order chi connectivity index (χ0) is 21.9. The molecule has 0 unspecified atom stereocenters. The van der Waals surface area contributed by atoms with Crippen LogP contribution in [0.3, 0.4) is 0 Å². The summed E-state index contributed by atoms with van der Waals surface area (Å²) in [4.78, 5) is 24.2. The number of hydrogen-bond acceptors (Lipinski definition) is 5. The minimum atomic E-state index is -0.436. The van der Waals surface area contributed by atoms with E-state index < -0.39 is 11.8 Å². The SMILES string of the molecule is Cc1cccc(OCC(=O)NNC(=S)NC(=O)c2cccc(OCCC(C)C)c2)c1. The van der Waals surface area contributed by atoms with Gasteiger partial charge in [-0.3, -0.25) is 25.8 Å². The average Bonchev–Trinajstić information content (AvgIpc) is 2.71. The number of hydrazine groups is 1. The van der Waals surface area contributed by atoms with Crippen LogP contribution in [0.15, 0.2) is 48.5 Å². The highest BCUT2D eigenvalue weighted by atomic mass is 32.1. The minimum Gasteiger partial charge on any atom is -0.494 e. The predicted octanol–water partition coefficient (Wildman–Crippen LogP) is 3.13. The number of nitrogens with one attached hydrogen (secondary N) is 3. The molecule has 30 heavy (non-hydrogen) atoms. The first kappa shape index (κ1) is 23.2. The van der Waals surface area contributed by atoms with E-state index in [0.717, 1.165) is 12.0 Å². The molecule has 3 N–H and O–H groups in total. The molecule has 0 heterocycles. The summed E-state index contributed by atoms with van der Waals surface area (Å²) >= 11 is 5.05. The molecular weight excluding hydrogens is 402 g/mol. The molecule has 0 atom stereocenters. The van der Waals surface area contributed by atoms with Gasteiger partial charge in [-0.25, -0.2) is 0 Å². The van der Waals surface area contributed by atoms with E-state index in [9.17, 15) is 9.59 Å². The van der Waals surface area contributed by atoms with Gasteiger partial charge in [-0.1, -0.05) is 32.0 Å².